The summed E-state index contributed by atoms with van der Waals surface area (Å²) in [7, 11) is 5.26. The minimum absolute atomic E-state index is 0.00606. The smallest absolute Gasteiger partial charge is 0.189 e. The Labute approximate surface area is 346 Å². The molecule has 5 atom stereocenters. The van der Waals surface area contributed by atoms with Gasteiger partial charge in [-0.15, -0.1) is 0 Å². The minimum atomic E-state index is -0.788. The number of hydrogen-bond donors (Lipinski definition) is 5. The van der Waals surface area contributed by atoms with E-state index in [1.807, 2.05) is 21.6 Å². The van der Waals surface area contributed by atoms with E-state index in [2.05, 4.69) is 54.2 Å². The van der Waals surface area contributed by atoms with Crippen LogP contribution < -0.4 is 30.6 Å². The lowest BCUT2D eigenvalue weighted by atomic mass is 9.78. The van der Waals surface area contributed by atoms with E-state index in [1.165, 1.54) is 13.5 Å². The van der Waals surface area contributed by atoms with Gasteiger partial charge in [-0.25, -0.2) is 4.99 Å². The number of carbonyl (C=O) groups is 1. The highest BCUT2D eigenvalue weighted by Crippen LogP contribution is 2.45. The third kappa shape index (κ3) is 9.96. The Morgan fingerprint density at radius 1 is 1.02 bits per heavy atom. The van der Waals surface area contributed by atoms with Gasteiger partial charge in [0.1, 0.15) is 12.5 Å². The van der Waals surface area contributed by atoms with Gasteiger partial charge in [0.05, 0.1) is 37.5 Å². The monoisotopic (exact) mass is 814 g/mol. The second-order valence-corrected chi connectivity index (χ2v) is 19.2. The molecule has 0 aromatic heterocycles. The number of nitrogens with zero attached hydrogens (tertiary/aromatic N) is 1. The highest BCUT2D eigenvalue weighted by atomic mass is 33.1. The van der Waals surface area contributed by atoms with Crippen molar-refractivity contribution in [2.45, 2.75) is 121 Å². The highest BCUT2D eigenvalue weighted by molar-refractivity contribution is 8.76. The fourth-order valence-corrected chi connectivity index (χ4v) is 11.8. The Morgan fingerprint density at radius 2 is 1.84 bits per heavy atom. The van der Waals surface area contributed by atoms with Gasteiger partial charge in [-0.05, 0) is 61.6 Å². The number of methoxy groups -OCH3 is 1. The van der Waals surface area contributed by atoms with Gasteiger partial charge in [0.25, 0.3) is 0 Å². The van der Waals surface area contributed by atoms with Gasteiger partial charge >= 0.3 is 0 Å². The molecule has 12 heteroatoms. The molecule has 6 bridgehead atoms. The molecule has 1 fully saturated rings. The Kier molecular flexibility index (Phi) is 13.8. The average Bonchev–Trinajstić information content (AvgIpc) is 3.19. The number of ether oxygens (including phenoxy) is 3. The summed E-state index contributed by atoms with van der Waals surface area (Å²) in [4.78, 5) is 18.1. The molecular formula is C45H58N4O6S2. The lowest BCUT2D eigenvalue weighted by Gasteiger charge is -2.39. The summed E-state index contributed by atoms with van der Waals surface area (Å²) >= 11 is 0. The molecule has 4 heterocycles. The Balaban J connectivity index is 1.33. The van der Waals surface area contributed by atoms with E-state index in [-0.39, 0.29) is 59.6 Å². The van der Waals surface area contributed by atoms with Gasteiger partial charge < -0.3 is 35.5 Å². The maximum atomic E-state index is 13.2. The number of phenolic OH excluding ortho intramolecular Hbond substituents is 1. The molecule has 1 spiro atoms. The molecule has 1 saturated carbocycles. The van der Waals surface area contributed by atoms with Crippen LogP contribution in [0.25, 0.3) is 0 Å². The SMILES string of the molecule is COc1c(O)ccc2c1C#CCc1cc(c3c4c1OCNC1(CC#CC5NC(N)=NC(C(C)C)CSSCC5C(CO4)C3)CCCCC1)CCC(O)CC(=O)CC2. The van der Waals surface area contributed by atoms with E-state index < -0.39 is 6.10 Å². The van der Waals surface area contributed by atoms with E-state index in [4.69, 9.17) is 24.9 Å². The van der Waals surface area contributed by atoms with Crippen molar-refractivity contribution in [1.82, 2.24) is 10.6 Å². The van der Waals surface area contributed by atoms with Crippen LogP contribution in [-0.2, 0) is 30.5 Å². The molecule has 6 N–H and O–H groups in total. The van der Waals surface area contributed by atoms with E-state index in [0.717, 1.165) is 71.6 Å². The van der Waals surface area contributed by atoms with Crippen molar-refractivity contribution in [2.24, 2.45) is 28.5 Å². The molecule has 6 aliphatic rings. The highest BCUT2D eigenvalue weighted by Gasteiger charge is 2.38. The molecule has 2 aliphatic carbocycles. The summed E-state index contributed by atoms with van der Waals surface area (Å²) in [5, 5.41) is 29.3. The molecule has 0 saturated heterocycles. The first kappa shape index (κ1) is 41.5. The second kappa shape index (κ2) is 18.9. The number of aryl methyl sites for hydroxylation is 2. The Bertz CT molecular complexity index is 1940. The number of carbonyl (C=O) groups excluding carboxylic acids is 1. The fourth-order valence-electron chi connectivity index (χ4n) is 8.91. The number of Topliss-reactive ketones (excluding diaryl/α,β-unsaturated/α-hetero) is 1. The molecule has 10 nitrogen and oxygen atoms in total. The van der Waals surface area contributed by atoms with Crippen molar-refractivity contribution in [1.29, 1.82) is 0 Å². The number of aromatic hydroxyl groups is 1. The maximum Gasteiger partial charge on any atom is 0.189 e. The molecule has 2 aromatic rings. The number of rotatable bonds is 2. The van der Waals surface area contributed by atoms with Crippen molar-refractivity contribution in [3.63, 3.8) is 0 Å². The number of benzene rings is 2. The number of aliphatic hydroxyl groups excluding tert-OH is 1. The number of guanidine groups is 1. The molecule has 57 heavy (non-hydrogen) atoms. The zero-order valence-corrected chi connectivity index (χ0v) is 35.2. The van der Waals surface area contributed by atoms with Crippen molar-refractivity contribution >= 4 is 33.3 Å². The lowest BCUT2D eigenvalue weighted by molar-refractivity contribution is -0.121. The molecule has 2 aromatic carbocycles. The molecule has 306 valence electrons. The normalized spacial score (nSPS) is 26.7. The van der Waals surface area contributed by atoms with E-state index >= 15 is 0 Å². The summed E-state index contributed by atoms with van der Waals surface area (Å²) in [5.74, 6) is 18.5. The number of fused-ring (bicyclic) bond motifs is 7. The molecule has 4 aliphatic heterocycles. The summed E-state index contributed by atoms with van der Waals surface area (Å²) in [6, 6.07) is 5.45. The number of phenols is 1. The van der Waals surface area contributed by atoms with E-state index in [9.17, 15) is 15.0 Å². The zero-order chi connectivity index (χ0) is 39.9. The second-order valence-electron chi connectivity index (χ2n) is 16.7. The van der Waals surface area contributed by atoms with Crippen LogP contribution in [0.15, 0.2) is 23.2 Å². The molecular weight excluding hydrogens is 757 g/mol. The van der Waals surface area contributed by atoms with Gasteiger partial charge in [0.2, 0.25) is 0 Å². The predicted octanol–water partition coefficient (Wildman–Crippen LogP) is 6.09. The molecule has 8 rings (SSSR count). The van der Waals surface area contributed by atoms with Crippen molar-refractivity contribution in [2.75, 3.05) is 32.0 Å². The van der Waals surface area contributed by atoms with Crippen LogP contribution in [0.2, 0.25) is 0 Å². The largest absolute Gasteiger partial charge is 0.504 e. The van der Waals surface area contributed by atoms with Gasteiger partial charge in [-0.1, -0.05) is 90.5 Å². The van der Waals surface area contributed by atoms with Crippen LogP contribution in [0.3, 0.4) is 0 Å². The van der Waals surface area contributed by atoms with Crippen molar-refractivity contribution < 1.29 is 29.2 Å². The van der Waals surface area contributed by atoms with Crippen LogP contribution in [0.1, 0.15) is 99.5 Å². The first-order valence-electron chi connectivity index (χ1n) is 20.7. The number of aliphatic hydroxyl groups is 1. The summed E-state index contributed by atoms with van der Waals surface area (Å²) < 4.78 is 19.3. The molecule has 0 amide bonds. The number of nitrogens with one attached hydrogen (secondary N) is 2. The van der Waals surface area contributed by atoms with Gasteiger partial charge in [-0.2, -0.15) is 0 Å². The van der Waals surface area contributed by atoms with Crippen LogP contribution >= 0.6 is 21.6 Å². The van der Waals surface area contributed by atoms with Gasteiger partial charge in [0, 0.05) is 65.7 Å². The Morgan fingerprint density at radius 3 is 2.65 bits per heavy atom. The van der Waals surface area contributed by atoms with Gasteiger partial charge in [-0.3, -0.25) is 10.1 Å². The summed E-state index contributed by atoms with van der Waals surface area (Å²) in [6.07, 6.45) is 8.32. The number of nitrogens with two attached hydrogens (primary N) is 1. The van der Waals surface area contributed by atoms with E-state index in [0.29, 0.717) is 68.6 Å². The standard InChI is InChI=1S/C45H58N4O6S2/c1-28(2)39-26-57-56-25-37-32-22-36-30-13-16-34(51)23-33(50)15-12-29-14-17-40(52)42(53-3)35(29)10-7-9-31(21-30)41(43(36)54-24-32)55-27-47-45(18-5-4-6-19-45)20-8-11-38(37)48-44(46)49-39/h14,17,21,28,32,34,37-39,47,51-52H,4-6,9,12-13,15-16,18-20,22-27H2,1-3H3,(H3,46,48,49). The quantitative estimate of drug-likeness (QED) is 0.177. The fraction of sp³-hybridized carbons (Fsp3) is 0.600. The number of hydrogen-bond acceptors (Lipinski definition) is 12. The van der Waals surface area contributed by atoms with Crippen molar-refractivity contribution in [3.8, 4) is 46.7 Å². The number of aliphatic imine (C=N–C) groups is 1. The van der Waals surface area contributed by atoms with E-state index in [1.54, 1.807) is 12.1 Å². The maximum absolute atomic E-state index is 13.2. The average molecular weight is 815 g/mol. The van der Waals surface area contributed by atoms with Gasteiger partial charge in [0.15, 0.2) is 29.0 Å². The third-order valence-corrected chi connectivity index (χ3v) is 14.9. The van der Waals surface area contributed by atoms with Crippen LogP contribution in [0, 0.1) is 41.4 Å². The third-order valence-electron chi connectivity index (χ3n) is 12.4. The number of ketones is 1. The minimum Gasteiger partial charge on any atom is -0.504 e. The molecule has 5 unspecified atom stereocenters. The summed E-state index contributed by atoms with van der Waals surface area (Å²) in [5.41, 5.74) is 10.9. The van der Waals surface area contributed by atoms with Crippen LogP contribution in [0.4, 0.5) is 0 Å². The zero-order valence-electron chi connectivity index (χ0n) is 33.6. The Hall–Kier alpha value is -3.68. The first-order valence-corrected chi connectivity index (χ1v) is 23.2. The first-order chi connectivity index (χ1) is 27.6. The van der Waals surface area contributed by atoms with Crippen LogP contribution in [0.5, 0.6) is 23.0 Å². The predicted molar refractivity (Wildman–Crippen MR) is 229 cm³/mol. The lowest BCUT2D eigenvalue weighted by Crippen LogP contribution is -2.50. The van der Waals surface area contributed by atoms with Crippen LogP contribution in [-0.4, -0.2) is 77.6 Å². The topological polar surface area (TPSA) is 148 Å². The summed E-state index contributed by atoms with van der Waals surface area (Å²) in [6.45, 7) is 5.16. The van der Waals surface area contributed by atoms with Crippen molar-refractivity contribution in [3.05, 3.63) is 46.0 Å². The molecule has 0 radical (unpaired) electrons.